The first-order valence-corrected chi connectivity index (χ1v) is 12.5. The van der Waals surface area contributed by atoms with Gasteiger partial charge in [0.25, 0.3) is 17.3 Å². The number of amides is 2. The minimum atomic E-state index is -0.985. The number of benzene rings is 1. The van der Waals surface area contributed by atoms with Gasteiger partial charge in [-0.05, 0) is 69.6 Å². The van der Waals surface area contributed by atoms with Crippen LogP contribution in [-0.4, -0.2) is 33.9 Å². The predicted octanol–water partition coefficient (Wildman–Crippen LogP) is 4.20. The number of pyridine rings is 1. The van der Waals surface area contributed by atoms with Crippen LogP contribution in [0.25, 0.3) is 0 Å². The third-order valence-electron chi connectivity index (χ3n) is 8.00. The summed E-state index contributed by atoms with van der Waals surface area (Å²) in [6.45, 7) is 7.42. The molecule has 1 spiro atoms. The van der Waals surface area contributed by atoms with Gasteiger partial charge in [0.15, 0.2) is 11.5 Å². The van der Waals surface area contributed by atoms with Gasteiger partial charge in [-0.2, -0.15) is 0 Å². The van der Waals surface area contributed by atoms with E-state index in [1.54, 1.807) is 13.0 Å². The fourth-order valence-electron chi connectivity index (χ4n) is 6.07. The minimum absolute atomic E-state index is 0.0101. The Labute approximate surface area is 213 Å². The van der Waals surface area contributed by atoms with Crippen LogP contribution in [0.3, 0.4) is 0 Å². The molecule has 0 saturated heterocycles. The number of rotatable bonds is 5. The first-order valence-electron chi connectivity index (χ1n) is 12.1. The summed E-state index contributed by atoms with van der Waals surface area (Å²) in [5.41, 5.74) is 2.97. The Balaban J connectivity index is 1.27. The first kappa shape index (κ1) is 24.5. The van der Waals surface area contributed by atoms with E-state index in [0.29, 0.717) is 28.2 Å². The van der Waals surface area contributed by atoms with Crippen LogP contribution in [0.15, 0.2) is 16.9 Å². The molecule has 2 heterocycles. The zero-order valence-electron chi connectivity index (χ0n) is 20.7. The molecule has 1 aromatic carbocycles. The molecule has 1 aliphatic heterocycles. The third kappa shape index (κ3) is 4.09. The molecule has 3 aliphatic rings. The van der Waals surface area contributed by atoms with E-state index >= 15 is 0 Å². The summed E-state index contributed by atoms with van der Waals surface area (Å²) in [6.07, 6.45) is 2.42. The van der Waals surface area contributed by atoms with E-state index in [0.717, 1.165) is 36.9 Å². The molecule has 2 saturated carbocycles. The highest BCUT2D eigenvalue weighted by molar-refractivity contribution is 6.33. The second-order valence-corrected chi connectivity index (χ2v) is 11.1. The fourth-order valence-corrected chi connectivity index (χ4v) is 6.30. The van der Waals surface area contributed by atoms with E-state index in [1.807, 2.05) is 26.8 Å². The molecule has 4 N–H and O–H groups in total. The standard InChI is InChI=1S/C26H30ClN3O6/c1-12-5-13(2)29-23(32)18(12)11-28-22(31)17-6-19(27)21-20(14(17)3)35-25(4,36-21)15-7-26(8-15)9-16(10-26)30-24(33)34/h5-6,15-16,30H,7-11H2,1-4H3,(H,28,31)(H,29,32)(H,33,34). The van der Waals surface area contributed by atoms with E-state index in [9.17, 15) is 14.4 Å². The quantitative estimate of drug-likeness (QED) is 0.472. The number of carbonyl (C=O) groups excluding carboxylic acids is 1. The molecular weight excluding hydrogens is 486 g/mol. The number of carboxylic acid groups (broad SMARTS) is 1. The number of ether oxygens (including phenoxy) is 2. The van der Waals surface area contributed by atoms with Gasteiger partial charge in [-0.1, -0.05) is 11.6 Å². The van der Waals surface area contributed by atoms with E-state index in [-0.39, 0.29) is 40.4 Å². The molecule has 2 aromatic rings. The molecule has 5 rings (SSSR count). The lowest BCUT2D eigenvalue weighted by atomic mass is 9.48. The summed E-state index contributed by atoms with van der Waals surface area (Å²) >= 11 is 6.53. The zero-order valence-corrected chi connectivity index (χ0v) is 21.5. The lowest BCUT2D eigenvalue weighted by Crippen LogP contribution is -2.61. The Bertz CT molecular complexity index is 1320. The summed E-state index contributed by atoms with van der Waals surface area (Å²) in [6, 6.07) is 3.45. The Morgan fingerprint density at radius 2 is 1.81 bits per heavy atom. The summed E-state index contributed by atoms with van der Waals surface area (Å²) in [4.78, 5) is 39.0. The van der Waals surface area contributed by atoms with Crippen LogP contribution in [0.2, 0.25) is 5.02 Å². The average molecular weight is 516 g/mol. The van der Waals surface area contributed by atoms with Crippen molar-refractivity contribution in [3.05, 3.63) is 55.5 Å². The van der Waals surface area contributed by atoms with Crippen LogP contribution in [0, 0.1) is 32.1 Å². The van der Waals surface area contributed by atoms with Gasteiger partial charge in [0.05, 0.1) is 5.02 Å². The van der Waals surface area contributed by atoms with Crippen molar-refractivity contribution in [1.82, 2.24) is 15.6 Å². The van der Waals surface area contributed by atoms with Crippen molar-refractivity contribution in [2.45, 2.75) is 71.8 Å². The van der Waals surface area contributed by atoms with Gasteiger partial charge in [0.2, 0.25) is 0 Å². The molecule has 1 atom stereocenters. The second kappa shape index (κ2) is 8.44. The maximum Gasteiger partial charge on any atom is 0.404 e. The Morgan fingerprint density at radius 3 is 2.44 bits per heavy atom. The third-order valence-corrected chi connectivity index (χ3v) is 8.28. The van der Waals surface area contributed by atoms with Gasteiger partial charge in [-0.15, -0.1) is 0 Å². The number of aryl methyl sites for hydroxylation is 2. The summed E-state index contributed by atoms with van der Waals surface area (Å²) in [5, 5.41) is 14.6. The Kier molecular flexibility index (Phi) is 5.74. The molecule has 36 heavy (non-hydrogen) atoms. The van der Waals surface area contributed by atoms with Crippen molar-refractivity contribution in [2.75, 3.05) is 0 Å². The highest BCUT2D eigenvalue weighted by atomic mass is 35.5. The number of carbonyl (C=O) groups is 2. The average Bonchev–Trinajstić information content (AvgIpc) is 3.09. The SMILES string of the molecule is Cc1cc(C)c(CNC(=O)c2cc(Cl)c3c(c2C)OC(C)(C2CC4(CC(NC(=O)O)C4)C2)O3)c(=O)[nH]1. The van der Waals surface area contributed by atoms with Crippen molar-refractivity contribution in [3.8, 4) is 11.5 Å². The van der Waals surface area contributed by atoms with Gasteiger partial charge < -0.3 is 30.2 Å². The number of aromatic nitrogens is 1. The molecular formula is C26H30ClN3O6. The fraction of sp³-hybridized carbons (Fsp3) is 0.500. The van der Waals surface area contributed by atoms with Crippen LogP contribution < -0.4 is 25.7 Å². The Morgan fingerprint density at radius 1 is 1.14 bits per heavy atom. The smallest absolute Gasteiger partial charge is 0.404 e. The van der Waals surface area contributed by atoms with E-state index < -0.39 is 11.9 Å². The van der Waals surface area contributed by atoms with E-state index in [4.69, 9.17) is 26.2 Å². The zero-order chi connectivity index (χ0) is 26.0. The number of hydrogen-bond donors (Lipinski definition) is 4. The lowest BCUT2D eigenvalue weighted by Gasteiger charge is -2.59. The van der Waals surface area contributed by atoms with Gasteiger partial charge in [-0.3, -0.25) is 9.59 Å². The molecule has 0 bridgehead atoms. The van der Waals surface area contributed by atoms with Crippen molar-refractivity contribution >= 4 is 23.6 Å². The maximum absolute atomic E-state index is 13.1. The van der Waals surface area contributed by atoms with Crippen molar-refractivity contribution in [1.29, 1.82) is 0 Å². The second-order valence-electron chi connectivity index (χ2n) is 10.7. The normalized spacial score (nSPS) is 27.8. The number of halogens is 1. The summed E-state index contributed by atoms with van der Waals surface area (Å²) in [7, 11) is 0. The highest BCUT2D eigenvalue weighted by Gasteiger charge is 2.61. The molecule has 2 amide bonds. The number of hydrogen-bond acceptors (Lipinski definition) is 5. The van der Waals surface area contributed by atoms with Gasteiger partial charge >= 0.3 is 6.09 Å². The first-order chi connectivity index (χ1) is 16.9. The van der Waals surface area contributed by atoms with Crippen LogP contribution in [0.4, 0.5) is 4.79 Å². The molecule has 10 heteroatoms. The molecule has 2 aliphatic carbocycles. The molecule has 2 fully saturated rings. The molecule has 0 radical (unpaired) electrons. The van der Waals surface area contributed by atoms with Gasteiger partial charge in [-0.25, -0.2) is 4.79 Å². The lowest BCUT2D eigenvalue weighted by molar-refractivity contribution is -0.191. The topological polar surface area (TPSA) is 130 Å². The number of nitrogens with one attached hydrogen (secondary N) is 3. The summed E-state index contributed by atoms with van der Waals surface area (Å²) in [5.74, 6) is -0.254. The summed E-state index contributed by atoms with van der Waals surface area (Å²) < 4.78 is 12.5. The van der Waals surface area contributed by atoms with Crippen LogP contribution >= 0.6 is 11.6 Å². The Hall–Kier alpha value is -3.20. The van der Waals surface area contributed by atoms with Crippen molar-refractivity contribution in [3.63, 3.8) is 0 Å². The molecule has 9 nitrogen and oxygen atoms in total. The maximum atomic E-state index is 13.1. The molecule has 1 aromatic heterocycles. The van der Waals surface area contributed by atoms with Crippen LogP contribution in [0.5, 0.6) is 11.5 Å². The van der Waals surface area contributed by atoms with Crippen molar-refractivity contribution in [2.24, 2.45) is 11.3 Å². The van der Waals surface area contributed by atoms with Gasteiger partial charge in [0, 0.05) is 47.8 Å². The van der Waals surface area contributed by atoms with Gasteiger partial charge in [0.1, 0.15) is 0 Å². The van der Waals surface area contributed by atoms with E-state index in [1.165, 1.54) is 0 Å². The highest BCUT2D eigenvalue weighted by Crippen LogP contribution is 2.63. The number of aromatic amines is 1. The largest absolute Gasteiger partial charge is 0.465 e. The molecule has 1 unspecified atom stereocenters. The van der Waals surface area contributed by atoms with Crippen LogP contribution in [-0.2, 0) is 6.54 Å². The number of H-pyrrole nitrogens is 1. The van der Waals surface area contributed by atoms with Crippen molar-refractivity contribution < 1.29 is 24.2 Å². The predicted molar refractivity (Wildman–Crippen MR) is 133 cm³/mol. The minimum Gasteiger partial charge on any atom is -0.465 e. The monoisotopic (exact) mass is 515 g/mol. The number of fused-ring (bicyclic) bond motifs is 1. The van der Waals surface area contributed by atoms with Crippen LogP contribution in [0.1, 0.15) is 65.3 Å². The molecule has 192 valence electrons. The van der Waals surface area contributed by atoms with E-state index in [2.05, 4.69) is 15.6 Å².